The Labute approximate surface area is 128 Å². The maximum absolute atomic E-state index is 9.20. The molecule has 1 unspecified atom stereocenters. The van der Waals surface area contributed by atoms with Gasteiger partial charge in [-0.1, -0.05) is 0 Å². The molecule has 12 heteroatoms. The first kappa shape index (κ1) is 21.6. The fourth-order valence-electron chi connectivity index (χ4n) is 1.74. The minimum Gasteiger partial charge on any atom is -0.394 e. The van der Waals surface area contributed by atoms with Crippen LogP contribution in [0.1, 0.15) is 12.8 Å². The number of nitrogens with one attached hydrogen (secondary N) is 1. The largest absolute Gasteiger partial charge is 0.394 e. The molecular formula is C10H24N2O9S. The molecule has 0 bridgehead atoms. The van der Waals surface area contributed by atoms with Crippen LogP contribution in [0, 0.1) is 0 Å². The number of ether oxygens (including phenoxy) is 1. The van der Waals surface area contributed by atoms with Gasteiger partial charge in [-0.25, -0.2) is 0 Å². The summed E-state index contributed by atoms with van der Waals surface area (Å²) in [5, 5.41) is 39.3. The Morgan fingerprint density at radius 1 is 1.09 bits per heavy atom. The molecule has 0 aliphatic carbocycles. The van der Waals surface area contributed by atoms with Crippen molar-refractivity contribution in [2.75, 3.05) is 19.7 Å². The minimum absolute atomic E-state index is 0.470. The van der Waals surface area contributed by atoms with Crippen LogP contribution in [0.5, 0.6) is 0 Å². The van der Waals surface area contributed by atoms with Crippen molar-refractivity contribution in [3.63, 3.8) is 0 Å². The number of hydrogen-bond donors (Lipinski definition) is 8. The second kappa shape index (κ2) is 10.4. The molecule has 0 aromatic carbocycles. The van der Waals surface area contributed by atoms with E-state index in [0.717, 1.165) is 0 Å². The molecule has 0 amide bonds. The molecule has 9 N–H and O–H groups in total. The molecule has 5 atom stereocenters. The second-order valence-electron chi connectivity index (χ2n) is 4.71. The third kappa shape index (κ3) is 9.58. The van der Waals surface area contributed by atoms with Crippen molar-refractivity contribution in [2.24, 2.45) is 5.73 Å². The molecule has 22 heavy (non-hydrogen) atoms. The lowest BCUT2D eigenvalue weighted by molar-refractivity contribution is -0.248. The molecule has 0 aromatic heterocycles. The molecule has 0 radical (unpaired) electrons. The van der Waals surface area contributed by atoms with Crippen LogP contribution in [0.25, 0.3) is 0 Å². The topological polar surface area (TPSA) is 203 Å². The van der Waals surface area contributed by atoms with Gasteiger partial charge < -0.3 is 36.2 Å². The van der Waals surface area contributed by atoms with E-state index in [1.54, 1.807) is 0 Å². The van der Waals surface area contributed by atoms with Crippen LogP contribution < -0.4 is 11.1 Å². The summed E-state index contributed by atoms with van der Waals surface area (Å²) in [7, 11) is -4.67. The van der Waals surface area contributed by atoms with E-state index in [1.165, 1.54) is 25.9 Å². The fourth-order valence-corrected chi connectivity index (χ4v) is 1.74. The van der Waals surface area contributed by atoms with Crippen LogP contribution in [0.15, 0.2) is 0 Å². The lowest BCUT2D eigenvalue weighted by Gasteiger charge is -2.38. The Morgan fingerprint density at radius 2 is 1.55 bits per heavy atom. The van der Waals surface area contributed by atoms with Gasteiger partial charge in [-0.05, 0) is 25.9 Å². The zero-order valence-corrected chi connectivity index (χ0v) is 12.6. The fraction of sp³-hybridized carbons (Fsp3) is 1.00. The molecule has 2 fully saturated rings. The number of nitrogens with two attached hydrogens (primary N) is 1. The maximum atomic E-state index is 9.20. The van der Waals surface area contributed by atoms with Gasteiger partial charge in [-0.15, -0.1) is 0 Å². The van der Waals surface area contributed by atoms with Crippen LogP contribution in [-0.2, 0) is 15.1 Å². The quantitative estimate of drug-likeness (QED) is 0.218. The SMILES string of the molecule is C1CCNC1.N[C@H]1C(O)O[C@H](CO)[C@@H](O)[C@@H]1O.O=S(=O)(O)O. The first-order chi connectivity index (χ1) is 10.1. The average molecular weight is 348 g/mol. The minimum atomic E-state index is -4.67. The standard InChI is InChI=1S/C6H13NO5.C4H9N.H2O4S/c7-3-5(10)4(9)2(1-8)12-6(3)11;1-2-4-5-3-1;1-5(2,3)4/h2-6,8-11H,1,7H2;5H,1-4H2;(H2,1,2,3,4)/t2-,3-,4-,5-,6?;;/m1../s1. The monoisotopic (exact) mass is 348 g/mol. The van der Waals surface area contributed by atoms with Gasteiger partial charge in [-0.3, -0.25) is 9.11 Å². The van der Waals surface area contributed by atoms with Crippen LogP contribution in [0.4, 0.5) is 0 Å². The summed E-state index contributed by atoms with van der Waals surface area (Å²) in [6.45, 7) is 2.03. The average Bonchev–Trinajstić information content (AvgIpc) is 2.98. The molecule has 2 rings (SSSR count). The number of aliphatic hydroxyl groups excluding tert-OH is 4. The van der Waals surface area contributed by atoms with Gasteiger partial charge in [0, 0.05) is 0 Å². The number of rotatable bonds is 1. The van der Waals surface area contributed by atoms with E-state index in [0.29, 0.717) is 0 Å². The lowest BCUT2D eigenvalue weighted by Crippen LogP contribution is -2.61. The predicted octanol–water partition coefficient (Wildman–Crippen LogP) is -3.54. The van der Waals surface area contributed by atoms with Crippen molar-refractivity contribution in [1.29, 1.82) is 0 Å². The summed E-state index contributed by atoms with van der Waals surface area (Å²) >= 11 is 0. The Bertz CT molecular complexity index is 369. The summed E-state index contributed by atoms with van der Waals surface area (Å²) in [6, 6.07) is -1.04. The van der Waals surface area contributed by atoms with Crippen molar-refractivity contribution >= 4 is 10.4 Å². The van der Waals surface area contributed by atoms with E-state index in [4.69, 9.17) is 38.2 Å². The molecule has 2 heterocycles. The van der Waals surface area contributed by atoms with E-state index >= 15 is 0 Å². The first-order valence-electron chi connectivity index (χ1n) is 6.54. The van der Waals surface area contributed by atoms with Gasteiger partial charge in [0.1, 0.15) is 18.3 Å². The molecule has 0 saturated carbocycles. The van der Waals surface area contributed by atoms with Gasteiger partial charge in [0.15, 0.2) is 6.29 Å². The van der Waals surface area contributed by atoms with Crippen LogP contribution >= 0.6 is 0 Å². The Balaban J connectivity index is 0.000000363. The third-order valence-corrected chi connectivity index (χ3v) is 2.91. The van der Waals surface area contributed by atoms with Gasteiger partial charge in [0.2, 0.25) is 0 Å². The van der Waals surface area contributed by atoms with Crippen molar-refractivity contribution in [3.8, 4) is 0 Å². The second-order valence-corrected chi connectivity index (χ2v) is 5.61. The lowest BCUT2D eigenvalue weighted by atomic mass is 9.98. The predicted molar refractivity (Wildman–Crippen MR) is 74.2 cm³/mol. The van der Waals surface area contributed by atoms with Gasteiger partial charge in [0.25, 0.3) is 0 Å². The highest BCUT2D eigenvalue weighted by Gasteiger charge is 2.41. The van der Waals surface area contributed by atoms with E-state index in [2.05, 4.69) is 5.32 Å². The summed E-state index contributed by atoms with van der Waals surface area (Å²) in [5.41, 5.74) is 5.26. The summed E-state index contributed by atoms with van der Waals surface area (Å²) in [4.78, 5) is 0. The summed E-state index contributed by atoms with van der Waals surface area (Å²) in [6.07, 6.45) is -2.07. The molecule has 0 spiro atoms. The van der Waals surface area contributed by atoms with Gasteiger partial charge in [-0.2, -0.15) is 8.42 Å². The molecular weight excluding hydrogens is 324 g/mol. The molecule has 11 nitrogen and oxygen atoms in total. The highest BCUT2D eigenvalue weighted by Crippen LogP contribution is 2.17. The highest BCUT2D eigenvalue weighted by molar-refractivity contribution is 7.79. The van der Waals surface area contributed by atoms with E-state index in [1.807, 2.05) is 0 Å². The molecule has 134 valence electrons. The Hall–Kier alpha value is -0.410. The Kier molecular flexibility index (Phi) is 10.2. The van der Waals surface area contributed by atoms with Crippen molar-refractivity contribution < 1.29 is 42.7 Å². The third-order valence-electron chi connectivity index (χ3n) is 2.91. The number of aliphatic hydroxyl groups is 4. The molecule has 2 saturated heterocycles. The van der Waals surface area contributed by atoms with Crippen LogP contribution in [0.2, 0.25) is 0 Å². The first-order valence-corrected chi connectivity index (χ1v) is 7.94. The van der Waals surface area contributed by atoms with Crippen LogP contribution in [0.3, 0.4) is 0 Å². The molecule has 2 aliphatic heterocycles. The normalized spacial score (nSPS) is 35.0. The van der Waals surface area contributed by atoms with E-state index in [-0.39, 0.29) is 0 Å². The number of hydrogen-bond acceptors (Lipinski definition) is 9. The van der Waals surface area contributed by atoms with Gasteiger partial charge >= 0.3 is 10.4 Å². The van der Waals surface area contributed by atoms with E-state index < -0.39 is 47.6 Å². The molecule has 2 aliphatic rings. The zero-order chi connectivity index (χ0) is 17.3. The Morgan fingerprint density at radius 3 is 1.86 bits per heavy atom. The van der Waals surface area contributed by atoms with E-state index in [9.17, 15) is 10.2 Å². The summed E-state index contributed by atoms with van der Waals surface area (Å²) in [5.74, 6) is 0. The summed E-state index contributed by atoms with van der Waals surface area (Å²) < 4.78 is 36.3. The van der Waals surface area contributed by atoms with Crippen LogP contribution in [-0.4, -0.2) is 88.3 Å². The molecule has 0 aromatic rings. The zero-order valence-electron chi connectivity index (χ0n) is 11.8. The maximum Gasteiger partial charge on any atom is 0.394 e. The van der Waals surface area contributed by atoms with Crippen molar-refractivity contribution in [3.05, 3.63) is 0 Å². The smallest absolute Gasteiger partial charge is 0.394 e. The van der Waals surface area contributed by atoms with Crippen molar-refractivity contribution in [1.82, 2.24) is 5.32 Å². The van der Waals surface area contributed by atoms with Crippen molar-refractivity contribution in [2.45, 2.75) is 43.5 Å². The highest BCUT2D eigenvalue weighted by atomic mass is 32.3. The van der Waals surface area contributed by atoms with Gasteiger partial charge in [0.05, 0.1) is 12.6 Å².